The van der Waals surface area contributed by atoms with E-state index in [-0.39, 0.29) is 28.3 Å². The third-order valence-corrected chi connectivity index (χ3v) is 6.85. The molecule has 1 saturated heterocycles. The zero-order valence-electron chi connectivity index (χ0n) is 19.3. The lowest BCUT2D eigenvalue weighted by molar-refractivity contribution is -0.124. The van der Waals surface area contributed by atoms with Gasteiger partial charge in [0, 0.05) is 37.6 Å². The summed E-state index contributed by atoms with van der Waals surface area (Å²) in [4.78, 5) is 41.6. The second-order valence-electron chi connectivity index (χ2n) is 8.15. The minimum absolute atomic E-state index is 0.151. The lowest BCUT2D eigenvalue weighted by Crippen LogP contribution is -2.46. The average Bonchev–Trinajstić information content (AvgIpc) is 3.23. The van der Waals surface area contributed by atoms with Crippen LogP contribution >= 0.6 is 11.3 Å². The maximum Gasteiger partial charge on any atom is 0.268 e. The van der Waals surface area contributed by atoms with Gasteiger partial charge in [0.15, 0.2) is 0 Å². The molecule has 4 rings (SSSR count). The Balaban J connectivity index is 1.62. The topological polar surface area (TPSA) is 106 Å². The van der Waals surface area contributed by atoms with Crippen molar-refractivity contribution in [3.8, 4) is 6.07 Å². The summed E-state index contributed by atoms with van der Waals surface area (Å²) in [5, 5.41) is 16.1. The number of rotatable bonds is 7. The molecule has 178 valence electrons. The molecular formula is C26H25N5O3S. The molecule has 0 aliphatic carbocycles. The number of piperazine rings is 1. The molecule has 2 heterocycles. The standard InChI is InChI=1S/C26H25N5O3S/c1-18(32)16-22(33)29-23-21(17-27)26(35-24(23)25(34)28-19-8-4-2-5-9-19)31-14-12-30(13-15-31)20-10-6-3-7-11-20/h2-11H,12-16H2,1H3,(H,28,34)(H,29,33). The summed E-state index contributed by atoms with van der Waals surface area (Å²) in [6.45, 7) is 4.14. The van der Waals surface area contributed by atoms with Crippen molar-refractivity contribution in [2.45, 2.75) is 13.3 Å². The predicted molar refractivity (Wildman–Crippen MR) is 138 cm³/mol. The molecule has 35 heavy (non-hydrogen) atoms. The number of nitrogens with zero attached hydrogens (tertiary/aromatic N) is 3. The van der Waals surface area contributed by atoms with E-state index in [1.165, 1.54) is 18.3 Å². The molecular weight excluding hydrogens is 462 g/mol. The second-order valence-corrected chi connectivity index (χ2v) is 9.15. The van der Waals surface area contributed by atoms with Crippen molar-refractivity contribution >= 4 is 51.0 Å². The van der Waals surface area contributed by atoms with Gasteiger partial charge in [-0.05, 0) is 31.2 Å². The third kappa shape index (κ3) is 5.67. The fourth-order valence-corrected chi connectivity index (χ4v) is 5.10. The van der Waals surface area contributed by atoms with Crippen LogP contribution in [0.5, 0.6) is 0 Å². The predicted octanol–water partition coefficient (Wildman–Crippen LogP) is 4.12. The van der Waals surface area contributed by atoms with Gasteiger partial charge in [-0.15, -0.1) is 11.3 Å². The van der Waals surface area contributed by atoms with Gasteiger partial charge >= 0.3 is 0 Å². The van der Waals surface area contributed by atoms with Crippen LogP contribution in [-0.2, 0) is 9.59 Å². The number of Topliss-reactive ketones (excluding diaryl/α,β-unsaturated/α-hetero) is 1. The van der Waals surface area contributed by atoms with Gasteiger partial charge in [0.05, 0.1) is 12.1 Å². The number of carbonyl (C=O) groups excluding carboxylic acids is 3. The summed E-state index contributed by atoms with van der Waals surface area (Å²) in [7, 11) is 0. The maximum absolute atomic E-state index is 13.2. The number of nitriles is 1. The number of hydrogen-bond donors (Lipinski definition) is 2. The molecule has 1 aliphatic rings. The number of ketones is 1. The number of para-hydroxylation sites is 2. The molecule has 0 spiro atoms. The van der Waals surface area contributed by atoms with E-state index < -0.39 is 11.8 Å². The van der Waals surface area contributed by atoms with Crippen LogP contribution in [0.1, 0.15) is 28.6 Å². The van der Waals surface area contributed by atoms with Gasteiger partial charge < -0.3 is 20.4 Å². The summed E-state index contributed by atoms with van der Waals surface area (Å²) >= 11 is 1.18. The molecule has 0 bridgehead atoms. The van der Waals surface area contributed by atoms with Crippen LogP contribution < -0.4 is 20.4 Å². The van der Waals surface area contributed by atoms with E-state index in [0.717, 1.165) is 18.8 Å². The van der Waals surface area contributed by atoms with E-state index in [1.807, 2.05) is 24.3 Å². The Bertz CT molecular complexity index is 1260. The number of amides is 2. The SMILES string of the molecule is CC(=O)CC(=O)Nc1c(C(=O)Nc2ccccc2)sc(N2CCN(c3ccccc3)CC2)c1C#N. The monoisotopic (exact) mass is 487 g/mol. The Morgan fingerprint density at radius 1 is 0.914 bits per heavy atom. The van der Waals surface area contributed by atoms with Gasteiger partial charge in [0.1, 0.15) is 27.3 Å². The lowest BCUT2D eigenvalue weighted by atomic mass is 10.2. The number of carbonyl (C=O) groups is 3. The maximum atomic E-state index is 13.2. The van der Waals surface area contributed by atoms with Crippen molar-refractivity contribution in [1.82, 2.24) is 0 Å². The van der Waals surface area contributed by atoms with Crippen molar-refractivity contribution in [2.75, 3.05) is 46.6 Å². The van der Waals surface area contributed by atoms with Crippen molar-refractivity contribution in [2.24, 2.45) is 0 Å². The molecule has 2 N–H and O–H groups in total. The van der Waals surface area contributed by atoms with Crippen LogP contribution in [0.3, 0.4) is 0 Å². The molecule has 1 aliphatic heterocycles. The average molecular weight is 488 g/mol. The fraction of sp³-hybridized carbons (Fsp3) is 0.231. The first kappa shape index (κ1) is 24.0. The largest absolute Gasteiger partial charge is 0.368 e. The summed E-state index contributed by atoms with van der Waals surface area (Å²) in [6, 6.07) is 21.3. The van der Waals surface area contributed by atoms with Crippen LogP contribution in [0.2, 0.25) is 0 Å². The van der Waals surface area contributed by atoms with Gasteiger partial charge in [-0.2, -0.15) is 5.26 Å². The van der Waals surface area contributed by atoms with Crippen molar-refractivity contribution < 1.29 is 14.4 Å². The minimum atomic E-state index is -0.555. The summed E-state index contributed by atoms with van der Waals surface area (Å²) in [5.41, 5.74) is 2.12. The third-order valence-electron chi connectivity index (χ3n) is 5.60. The molecule has 0 radical (unpaired) electrons. The molecule has 0 atom stereocenters. The highest BCUT2D eigenvalue weighted by atomic mass is 32.1. The molecule has 3 aromatic rings. The van der Waals surface area contributed by atoms with Gasteiger partial charge in [-0.1, -0.05) is 36.4 Å². The number of nitrogens with one attached hydrogen (secondary N) is 2. The van der Waals surface area contributed by atoms with E-state index in [4.69, 9.17) is 0 Å². The quantitative estimate of drug-likeness (QED) is 0.486. The van der Waals surface area contributed by atoms with Gasteiger partial charge in [-0.25, -0.2) is 0 Å². The first-order valence-corrected chi connectivity index (χ1v) is 12.1. The van der Waals surface area contributed by atoms with Crippen molar-refractivity contribution in [3.63, 3.8) is 0 Å². The minimum Gasteiger partial charge on any atom is -0.368 e. The van der Waals surface area contributed by atoms with Crippen molar-refractivity contribution in [1.29, 1.82) is 5.26 Å². The number of benzene rings is 2. The van der Waals surface area contributed by atoms with Gasteiger partial charge in [-0.3, -0.25) is 14.4 Å². The second kappa shape index (κ2) is 10.8. The van der Waals surface area contributed by atoms with E-state index in [1.54, 1.807) is 24.3 Å². The van der Waals surface area contributed by atoms with Crippen molar-refractivity contribution in [3.05, 3.63) is 71.1 Å². The lowest BCUT2D eigenvalue weighted by Gasteiger charge is -2.36. The van der Waals surface area contributed by atoms with Crippen LogP contribution in [0.25, 0.3) is 0 Å². The first-order chi connectivity index (χ1) is 17.0. The summed E-state index contributed by atoms with van der Waals surface area (Å²) in [6.07, 6.45) is -0.328. The highest BCUT2D eigenvalue weighted by molar-refractivity contribution is 7.19. The first-order valence-electron chi connectivity index (χ1n) is 11.2. The molecule has 2 aromatic carbocycles. The Hall–Kier alpha value is -4.16. The summed E-state index contributed by atoms with van der Waals surface area (Å²) < 4.78 is 0. The zero-order valence-corrected chi connectivity index (χ0v) is 20.1. The van der Waals surface area contributed by atoms with Crippen LogP contribution in [0, 0.1) is 11.3 Å². The molecule has 9 heteroatoms. The highest BCUT2D eigenvalue weighted by Crippen LogP contribution is 2.40. The Morgan fingerprint density at radius 2 is 1.51 bits per heavy atom. The smallest absolute Gasteiger partial charge is 0.268 e. The Morgan fingerprint density at radius 3 is 2.11 bits per heavy atom. The van der Waals surface area contributed by atoms with Gasteiger partial charge in [0.25, 0.3) is 5.91 Å². The van der Waals surface area contributed by atoms with Crippen LogP contribution in [-0.4, -0.2) is 43.8 Å². The molecule has 1 fully saturated rings. The number of thiophene rings is 1. The molecule has 0 saturated carbocycles. The van der Waals surface area contributed by atoms with E-state index >= 15 is 0 Å². The molecule has 8 nitrogen and oxygen atoms in total. The Kier molecular flexibility index (Phi) is 7.43. The Labute approximate surface area is 207 Å². The van der Waals surface area contributed by atoms with Crippen LogP contribution in [0.15, 0.2) is 60.7 Å². The summed E-state index contributed by atoms with van der Waals surface area (Å²) in [5.74, 6) is -1.28. The van der Waals surface area contributed by atoms with E-state index in [9.17, 15) is 19.6 Å². The van der Waals surface area contributed by atoms with Crippen LogP contribution in [0.4, 0.5) is 22.1 Å². The molecule has 2 amide bonds. The fourth-order valence-electron chi connectivity index (χ4n) is 3.95. The van der Waals surface area contributed by atoms with E-state index in [2.05, 4.69) is 38.6 Å². The van der Waals surface area contributed by atoms with Gasteiger partial charge in [0.2, 0.25) is 5.91 Å². The number of anilines is 4. The molecule has 1 aromatic heterocycles. The normalized spacial score (nSPS) is 13.1. The van der Waals surface area contributed by atoms with E-state index in [0.29, 0.717) is 23.8 Å². The molecule has 0 unspecified atom stereocenters. The number of hydrogen-bond acceptors (Lipinski definition) is 7. The highest BCUT2D eigenvalue weighted by Gasteiger charge is 2.29. The zero-order chi connectivity index (χ0) is 24.8.